The first-order chi connectivity index (χ1) is 9.02. The monoisotopic (exact) mass is 282 g/mol. The van der Waals surface area contributed by atoms with Crippen molar-refractivity contribution >= 4 is 9.84 Å². The van der Waals surface area contributed by atoms with Gasteiger partial charge >= 0.3 is 0 Å². The second-order valence-electron chi connectivity index (χ2n) is 4.15. The highest BCUT2D eigenvalue weighted by Gasteiger charge is 2.17. The molecule has 7 heteroatoms. The zero-order chi connectivity index (χ0) is 13.9. The van der Waals surface area contributed by atoms with Crippen molar-refractivity contribution in [3.63, 3.8) is 0 Å². The molecular formula is C12H14N2O4S. The van der Waals surface area contributed by atoms with E-state index in [0.29, 0.717) is 5.89 Å². The Morgan fingerprint density at radius 2 is 2.05 bits per heavy atom. The molecule has 1 N–H and O–H groups in total. The highest BCUT2D eigenvalue weighted by molar-refractivity contribution is 7.90. The average molecular weight is 282 g/mol. The lowest BCUT2D eigenvalue weighted by molar-refractivity contribution is 0.319. The molecule has 19 heavy (non-hydrogen) atoms. The number of aliphatic hydroxyl groups is 1. The van der Waals surface area contributed by atoms with Gasteiger partial charge in [-0.15, -0.1) is 0 Å². The first-order valence-electron chi connectivity index (χ1n) is 5.72. The Bertz CT molecular complexity index is 664. The van der Waals surface area contributed by atoms with E-state index in [1.54, 1.807) is 0 Å². The van der Waals surface area contributed by atoms with Crippen LogP contribution in [0.1, 0.15) is 11.4 Å². The predicted octanol–water partition coefficient (Wildman–Crippen LogP) is 0.952. The van der Waals surface area contributed by atoms with E-state index in [4.69, 9.17) is 9.63 Å². The molecule has 2 rings (SSSR count). The van der Waals surface area contributed by atoms with Crippen molar-refractivity contribution in [2.45, 2.75) is 12.7 Å². The van der Waals surface area contributed by atoms with Gasteiger partial charge in [0.2, 0.25) is 0 Å². The van der Waals surface area contributed by atoms with Gasteiger partial charge in [-0.3, -0.25) is 0 Å². The highest BCUT2D eigenvalue weighted by Crippen LogP contribution is 2.21. The number of rotatable bonds is 5. The van der Waals surface area contributed by atoms with Crippen molar-refractivity contribution in [1.29, 1.82) is 0 Å². The number of aryl methyl sites for hydroxylation is 1. The zero-order valence-corrected chi connectivity index (χ0v) is 11.2. The SMILES string of the molecule is Cc1ccccc1-c1nc(CS(=O)(=O)CCO)no1. The van der Waals surface area contributed by atoms with Gasteiger partial charge in [0.25, 0.3) is 5.89 Å². The molecule has 1 heterocycles. The van der Waals surface area contributed by atoms with Crippen LogP contribution in [0.25, 0.3) is 11.5 Å². The van der Waals surface area contributed by atoms with E-state index in [1.807, 2.05) is 31.2 Å². The van der Waals surface area contributed by atoms with Crippen molar-refractivity contribution in [3.05, 3.63) is 35.7 Å². The van der Waals surface area contributed by atoms with Gasteiger partial charge in [-0.2, -0.15) is 4.98 Å². The Kier molecular flexibility index (Phi) is 3.96. The molecule has 0 radical (unpaired) electrons. The summed E-state index contributed by atoms with van der Waals surface area (Å²) in [5, 5.41) is 12.3. The van der Waals surface area contributed by atoms with Crippen LogP contribution in [0.4, 0.5) is 0 Å². The Morgan fingerprint density at radius 3 is 2.74 bits per heavy atom. The summed E-state index contributed by atoms with van der Waals surface area (Å²) in [6, 6.07) is 7.47. The van der Waals surface area contributed by atoms with Crippen LogP contribution in [0, 0.1) is 6.92 Å². The van der Waals surface area contributed by atoms with E-state index in [0.717, 1.165) is 11.1 Å². The molecule has 0 saturated carbocycles. The minimum absolute atomic E-state index is 0.103. The average Bonchev–Trinajstić information content (AvgIpc) is 2.77. The van der Waals surface area contributed by atoms with Crippen LogP contribution in [-0.2, 0) is 15.6 Å². The third-order valence-electron chi connectivity index (χ3n) is 2.59. The lowest BCUT2D eigenvalue weighted by atomic mass is 10.1. The maximum atomic E-state index is 11.5. The number of aromatic nitrogens is 2. The summed E-state index contributed by atoms with van der Waals surface area (Å²) < 4.78 is 28.1. The molecule has 1 aromatic carbocycles. The Balaban J connectivity index is 2.23. The van der Waals surface area contributed by atoms with Gasteiger partial charge in [-0.05, 0) is 18.6 Å². The van der Waals surface area contributed by atoms with Crippen molar-refractivity contribution in [1.82, 2.24) is 10.1 Å². The number of sulfone groups is 1. The Morgan fingerprint density at radius 1 is 1.32 bits per heavy atom. The van der Waals surface area contributed by atoms with Crippen LogP contribution in [0.2, 0.25) is 0 Å². The van der Waals surface area contributed by atoms with E-state index in [9.17, 15) is 8.42 Å². The lowest BCUT2D eigenvalue weighted by Crippen LogP contribution is -2.13. The molecule has 0 aliphatic carbocycles. The summed E-state index contributed by atoms with van der Waals surface area (Å²) in [5.41, 5.74) is 1.75. The van der Waals surface area contributed by atoms with Crippen LogP contribution in [-0.4, -0.2) is 36.0 Å². The van der Waals surface area contributed by atoms with Gasteiger partial charge in [-0.1, -0.05) is 23.4 Å². The minimum atomic E-state index is -3.40. The number of nitrogens with zero attached hydrogens (tertiary/aromatic N) is 2. The summed E-state index contributed by atoms with van der Waals surface area (Å²) in [7, 11) is -3.40. The Labute approximate surface area is 111 Å². The summed E-state index contributed by atoms with van der Waals surface area (Å²) in [6.07, 6.45) is 0. The first kappa shape index (κ1) is 13.7. The van der Waals surface area contributed by atoms with E-state index in [1.165, 1.54) is 0 Å². The molecular weight excluding hydrogens is 268 g/mol. The van der Waals surface area contributed by atoms with E-state index in [2.05, 4.69) is 10.1 Å². The van der Waals surface area contributed by atoms with Crippen LogP contribution in [0.15, 0.2) is 28.8 Å². The quantitative estimate of drug-likeness (QED) is 0.877. The normalized spacial score (nSPS) is 11.7. The predicted molar refractivity (Wildman–Crippen MR) is 69.0 cm³/mol. The van der Waals surface area contributed by atoms with E-state index in [-0.39, 0.29) is 17.3 Å². The fourth-order valence-corrected chi connectivity index (χ4v) is 2.58. The molecule has 6 nitrogen and oxygen atoms in total. The van der Waals surface area contributed by atoms with Gasteiger partial charge in [-0.25, -0.2) is 8.42 Å². The van der Waals surface area contributed by atoms with Gasteiger partial charge in [0.15, 0.2) is 15.7 Å². The summed E-state index contributed by atoms with van der Waals surface area (Å²) >= 11 is 0. The molecule has 102 valence electrons. The minimum Gasteiger partial charge on any atom is -0.395 e. The number of benzene rings is 1. The van der Waals surface area contributed by atoms with Crippen LogP contribution < -0.4 is 0 Å². The van der Waals surface area contributed by atoms with Gasteiger partial charge in [0.05, 0.1) is 12.4 Å². The van der Waals surface area contributed by atoms with Gasteiger partial charge in [0.1, 0.15) is 5.75 Å². The molecule has 0 amide bonds. The molecule has 0 saturated heterocycles. The number of aliphatic hydroxyl groups excluding tert-OH is 1. The second kappa shape index (κ2) is 5.50. The Hall–Kier alpha value is -1.73. The summed E-state index contributed by atoms with van der Waals surface area (Å²) in [4.78, 5) is 4.07. The maximum Gasteiger partial charge on any atom is 0.258 e. The maximum absolute atomic E-state index is 11.5. The van der Waals surface area contributed by atoms with Crippen molar-refractivity contribution in [2.24, 2.45) is 0 Å². The molecule has 0 spiro atoms. The fourth-order valence-electron chi connectivity index (χ4n) is 1.64. The zero-order valence-electron chi connectivity index (χ0n) is 10.4. The standard InChI is InChI=1S/C12H14N2O4S/c1-9-4-2-3-5-10(9)12-13-11(14-18-12)8-19(16,17)7-6-15/h2-5,15H,6-8H2,1H3. The molecule has 0 unspecified atom stereocenters. The van der Waals surface area contributed by atoms with Gasteiger partial charge < -0.3 is 9.63 Å². The smallest absolute Gasteiger partial charge is 0.258 e. The van der Waals surface area contributed by atoms with Crippen molar-refractivity contribution < 1.29 is 18.0 Å². The number of hydrogen-bond acceptors (Lipinski definition) is 6. The third kappa shape index (κ3) is 3.39. The molecule has 2 aromatic rings. The van der Waals surface area contributed by atoms with E-state index >= 15 is 0 Å². The third-order valence-corrected chi connectivity index (χ3v) is 4.10. The molecule has 1 aromatic heterocycles. The van der Waals surface area contributed by atoms with Crippen LogP contribution >= 0.6 is 0 Å². The fraction of sp³-hybridized carbons (Fsp3) is 0.333. The van der Waals surface area contributed by atoms with Crippen molar-refractivity contribution in [2.75, 3.05) is 12.4 Å². The molecule has 0 fully saturated rings. The van der Waals surface area contributed by atoms with Crippen molar-refractivity contribution in [3.8, 4) is 11.5 Å². The molecule has 0 aliphatic heterocycles. The summed E-state index contributed by atoms with van der Waals surface area (Å²) in [5.74, 6) is -0.233. The van der Waals surface area contributed by atoms with Crippen LogP contribution in [0.5, 0.6) is 0 Å². The van der Waals surface area contributed by atoms with Gasteiger partial charge in [0, 0.05) is 5.56 Å². The van der Waals surface area contributed by atoms with E-state index < -0.39 is 16.4 Å². The first-order valence-corrected chi connectivity index (χ1v) is 7.54. The topological polar surface area (TPSA) is 93.3 Å². The highest BCUT2D eigenvalue weighted by atomic mass is 32.2. The molecule has 0 atom stereocenters. The largest absolute Gasteiger partial charge is 0.395 e. The molecule has 0 aliphatic rings. The second-order valence-corrected chi connectivity index (χ2v) is 6.33. The summed E-state index contributed by atoms with van der Waals surface area (Å²) in [6.45, 7) is 1.49. The lowest BCUT2D eigenvalue weighted by Gasteiger charge is -1.98. The molecule has 0 bridgehead atoms. The van der Waals surface area contributed by atoms with Crippen LogP contribution in [0.3, 0.4) is 0 Å². The number of hydrogen-bond donors (Lipinski definition) is 1.